The van der Waals surface area contributed by atoms with Gasteiger partial charge in [0.2, 0.25) is 5.91 Å². The number of hydrogen-bond donors (Lipinski definition) is 3. The first-order valence-corrected chi connectivity index (χ1v) is 12.8. The highest BCUT2D eigenvalue weighted by atomic mass is 19.1. The average molecular weight is 520 g/mol. The highest BCUT2D eigenvalue weighted by Gasteiger charge is 2.09. The molecule has 0 fully saturated rings. The zero-order valence-electron chi connectivity index (χ0n) is 21.4. The van der Waals surface area contributed by atoms with Crippen LogP contribution in [0.1, 0.15) is 16.7 Å². The van der Waals surface area contributed by atoms with Crippen molar-refractivity contribution in [3.05, 3.63) is 102 Å². The molecule has 200 valence electrons. The third-order valence-electron chi connectivity index (χ3n) is 6.23. The van der Waals surface area contributed by atoms with E-state index in [1.54, 1.807) is 12.1 Å². The van der Waals surface area contributed by atoms with Crippen LogP contribution in [0, 0.1) is 5.82 Å². The number of nitrogens with zero attached hydrogens (tertiary/aromatic N) is 1. The lowest BCUT2D eigenvalue weighted by Gasteiger charge is -2.21. The maximum atomic E-state index is 12.9. The lowest BCUT2D eigenvalue weighted by molar-refractivity contribution is -0.126. The minimum atomic E-state index is -0.304. The maximum Gasteiger partial charge on any atom is 0.246 e. The standard InChI is InChI=1S/C30H34FN3O4/c31-26-9-5-24(6-10-26)21-37-22-30(36)32-14-18-38-27-11-7-23(8-12-27)20-34(16-17-35)15-13-25-19-33-29-4-2-1-3-28(25)29/h1-12,19,33,35H,13-18,20-22H2,(H,32,36). The summed E-state index contributed by atoms with van der Waals surface area (Å²) in [5, 5.41) is 13.5. The molecule has 0 bridgehead atoms. The number of halogens is 1. The number of hydrogen-bond acceptors (Lipinski definition) is 5. The van der Waals surface area contributed by atoms with Crippen LogP contribution in [0.2, 0.25) is 0 Å². The number of rotatable bonds is 15. The number of H-pyrrole nitrogens is 1. The molecule has 0 unspecified atom stereocenters. The third-order valence-corrected chi connectivity index (χ3v) is 6.23. The van der Waals surface area contributed by atoms with Crippen LogP contribution in [0.15, 0.2) is 79.0 Å². The van der Waals surface area contributed by atoms with Gasteiger partial charge in [-0.15, -0.1) is 0 Å². The van der Waals surface area contributed by atoms with Gasteiger partial charge in [-0.05, 0) is 53.4 Å². The molecule has 4 aromatic rings. The van der Waals surface area contributed by atoms with Crippen LogP contribution in [0.3, 0.4) is 0 Å². The second kappa shape index (κ2) is 14.3. The Kier molecular flexibility index (Phi) is 10.3. The molecule has 8 heteroatoms. The topological polar surface area (TPSA) is 86.8 Å². The van der Waals surface area contributed by atoms with E-state index in [9.17, 15) is 14.3 Å². The Labute approximate surface area is 222 Å². The highest BCUT2D eigenvalue weighted by Crippen LogP contribution is 2.19. The summed E-state index contributed by atoms with van der Waals surface area (Å²) in [6.45, 7) is 3.16. The number of carbonyl (C=O) groups excluding carboxylic acids is 1. The van der Waals surface area contributed by atoms with E-state index in [-0.39, 0.29) is 31.5 Å². The first-order chi connectivity index (χ1) is 18.6. The van der Waals surface area contributed by atoms with Crippen LogP contribution >= 0.6 is 0 Å². The van der Waals surface area contributed by atoms with Crippen LogP contribution < -0.4 is 10.1 Å². The SMILES string of the molecule is O=C(COCc1ccc(F)cc1)NCCOc1ccc(CN(CCO)CCc2c[nH]c3ccccc23)cc1. The van der Waals surface area contributed by atoms with E-state index in [4.69, 9.17) is 9.47 Å². The Hall–Kier alpha value is -3.72. The summed E-state index contributed by atoms with van der Waals surface area (Å²) in [6, 6.07) is 22.1. The summed E-state index contributed by atoms with van der Waals surface area (Å²) in [6.07, 6.45) is 2.96. The number of fused-ring (bicyclic) bond motifs is 1. The molecule has 0 saturated heterocycles. The Morgan fingerprint density at radius 2 is 1.74 bits per heavy atom. The second-order valence-electron chi connectivity index (χ2n) is 9.07. The molecule has 0 aliphatic heterocycles. The fraction of sp³-hybridized carbons (Fsp3) is 0.300. The van der Waals surface area contributed by atoms with Crippen molar-refractivity contribution in [2.75, 3.05) is 39.5 Å². The summed E-state index contributed by atoms with van der Waals surface area (Å²) in [5.74, 6) is 0.188. The first-order valence-electron chi connectivity index (χ1n) is 12.8. The molecule has 0 radical (unpaired) electrons. The predicted molar refractivity (Wildman–Crippen MR) is 145 cm³/mol. The second-order valence-corrected chi connectivity index (χ2v) is 9.07. The van der Waals surface area contributed by atoms with Gasteiger partial charge in [0.25, 0.3) is 0 Å². The number of aliphatic hydroxyl groups excluding tert-OH is 1. The lowest BCUT2D eigenvalue weighted by atomic mass is 10.1. The van der Waals surface area contributed by atoms with E-state index in [1.165, 1.54) is 23.1 Å². The minimum absolute atomic E-state index is 0.0727. The molecular weight excluding hydrogens is 485 g/mol. The molecule has 0 aliphatic carbocycles. The van der Waals surface area contributed by atoms with Crippen LogP contribution in [0.25, 0.3) is 10.9 Å². The molecule has 7 nitrogen and oxygen atoms in total. The Morgan fingerprint density at radius 1 is 0.974 bits per heavy atom. The summed E-state index contributed by atoms with van der Waals surface area (Å²) in [5.41, 5.74) is 4.36. The average Bonchev–Trinajstić information content (AvgIpc) is 3.35. The molecule has 3 aromatic carbocycles. The van der Waals surface area contributed by atoms with Gasteiger partial charge in [-0.25, -0.2) is 4.39 Å². The number of amides is 1. The van der Waals surface area contributed by atoms with Crippen LogP contribution in [-0.4, -0.2) is 60.4 Å². The van der Waals surface area contributed by atoms with E-state index >= 15 is 0 Å². The van der Waals surface area contributed by atoms with E-state index < -0.39 is 0 Å². The normalized spacial score (nSPS) is 11.2. The molecule has 1 heterocycles. The fourth-order valence-corrected chi connectivity index (χ4v) is 4.23. The number of para-hydroxylation sites is 1. The number of aromatic nitrogens is 1. The molecule has 38 heavy (non-hydrogen) atoms. The number of aliphatic hydroxyl groups is 1. The van der Waals surface area contributed by atoms with Crippen LogP contribution in [0.5, 0.6) is 5.75 Å². The Morgan fingerprint density at radius 3 is 2.53 bits per heavy atom. The van der Waals surface area contributed by atoms with E-state index in [2.05, 4.69) is 39.6 Å². The number of ether oxygens (including phenoxy) is 2. The summed E-state index contributed by atoms with van der Waals surface area (Å²) in [4.78, 5) is 17.5. The fourth-order valence-electron chi connectivity index (χ4n) is 4.23. The van der Waals surface area contributed by atoms with Crippen molar-refractivity contribution in [3.8, 4) is 5.75 Å². The third kappa shape index (κ3) is 8.41. The summed E-state index contributed by atoms with van der Waals surface area (Å²) >= 11 is 0. The Balaban J connectivity index is 1.14. The quantitative estimate of drug-likeness (QED) is 0.206. The minimum Gasteiger partial charge on any atom is -0.492 e. The van der Waals surface area contributed by atoms with Crippen molar-refractivity contribution in [1.29, 1.82) is 0 Å². The molecule has 1 amide bonds. The van der Waals surface area contributed by atoms with Gasteiger partial charge in [0.05, 0.1) is 19.8 Å². The van der Waals surface area contributed by atoms with E-state index in [0.717, 1.165) is 41.9 Å². The van der Waals surface area contributed by atoms with Gasteiger partial charge in [-0.2, -0.15) is 0 Å². The molecular formula is C30H34FN3O4. The predicted octanol–water partition coefficient (Wildman–Crippen LogP) is 4.06. The maximum absolute atomic E-state index is 12.9. The summed E-state index contributed by atoms with van der Waals surface area (Å²) in [7, 11) is 0. The number of aromatic amines is 1. The Bertz CT molecular complexity index is 1270. The number of benzene rings is 3. The van der Waals surface area contributed by atoms with Gasteiger partial charge in [-0.1, -0.05) is 42.5 Å². The monoisotopic (exact) mass is 519 g/mol. The van der Waals surface area contributed by atoms with Crippen molar-refractivity contribution >= 4 is 16.8 Å². The zero-order valence-corrected chi connectivity index (χ0v) is 21.4. The smallest absolute Gasteiger partial charge is 0.246 e. The summed E-state index contributed by atoms with van der Waals surface area (Å²) < 4.78 is 24.0. The molecule has 1 aromatic heterocycles. The van der Waals surface area contributed by atoms with Crippen molar-refractivity contribution in [1.82, 2.24) is 15.2 Å². The molecule has 0 aliphatic rings. The molecule has 0 atom stereocenters. The van der Waals surface area contributed by atoms with Crippen molar-refractivity contribution in [2.24, 2.45) is 0 Å². The van der Waals surface area contributed by atoms with Gasteiger partial charge >= 0.3 is 0 Å². The van der Waals surface area contributed by atoms with Gasteiger partial charge in [0, 0.05) is 36.7 Å². The van der Waals surface area contributed by atoms with Crippen LogP contribution in [-0.2, 0) is 29.1 Å². The van der Waals surface area contributed by atoms with E-state index in [1.807, 2.05) is 30.3 Å². The number of carbonyl (C=O) groups is 1. The van der Waals surface area contributed by atoms with Gasteiger partial charge < -0.3 is 24.9 Å². The first kappa shape index (κ1) is 27.3. The van der Waals surface area contributed by atoms with Crippen molar-refractivity contribution in [3.63, 3.8) is 0 Å². The largest absolute Gasteiger partial charge is 0.492 e. The lowest BCUT2D eigenvalue weighted by Crippen LogP contribution is -2.31. The highest BCUT2D eigenvalue weighted by molar-refractivity contribution is 5.83. The van der Waals surface area contributed by atoms with Crippen LogP contribution in [0.4, 0.5) is 4.39 Å². The van der Waals surface area contributed by atoms with E-state index in [0.29, 0.717) is 19.7 Å². The van der Waals surface area contributed by atoms with Gasteiger partial charge in [0.15, 0.2) is 0 Å². The van der Waals surface area contributed by atoms with Crippen molar-refractivity contribution in [2.45, 2.75) is 19.6 Å². The van der Waals surface area contributed by atoms with Gasteiger partial charge in [0.1, 0.15) is 24.8 Å². The number of nitrogens with one attached hydrogen (secondary N) is 2. The molecule has 3 N–H and O–H groups in total. The zero-order chi connectivity index (χ0) is 26.6. The van der Waals surface area contributed by atoms with Gasteiger partial charge in [-0.3, -0.25) is 9.69 Å². The molecule has 4 rings (SSSR count). The molecule has 0 spiro atoms. The van der Waals surface area contributed by atoms with Crippen molar-refractivity contribution < 1.29 is 23.8 Å². The molecule has 0 saturated carbocycles.